The first-order valence-corrected chi connectivity index (χ1v) is 7.62. The summed E-state index contributed by atoms with van der Waals surface area (Å²) in [5.74, 6) is 0.848. The van der Waals surface area contributed by atoms with Crippen molar-refractivity contribution < 1.29 is 4.74 Å². The molecule has 1 aromatic heterocycles. The summed E-state index contributed by atoms with van der Waals surface area (Å²) in [5.41, 5.74) is 3.34. The summed E-state index contributed by atoms with van der Waals surface area (Å²) in [6, 6.07) is 6.01. The van der Waals surface area contributed by atoms with Gasteiger partial charge in [-0.3, -0.25) is 10.6 Å². The number of rotatable bonds is 3. The molecule has 1 atom stereocenters. The maximum atomic E-state index is 9.05. The second-order valence-corrected chi connectivity index (χ2v) is 5.71. The zero-order valence-corrected chi connectivity index (χ0v) is 12.2. The van der Waals surface area contributed by atoms with Crippen molar-refractivity contribution in [3.63, 3.8) is 0 Å². The fraction of sp³-hybridized carbons (Fsp3) is 0.357. The van der Waals surface area contributed by atoms with Crippen LogP contribution in [0.5, 0.6) is 5.75 Å². The summed E-state index contributed by atoms with van der Waals surface area (Å²) >= 11 is 1.58. The molecule has 3 N–H and O–H groups in total. The van der Waals surface area contributed by atoms with E-state index in [0.717, 1.165) is 29.9 Å². The quantitative estimate of drug-likeness (QED) is 0.457. The van der Waals surface area contributed by atoms with E-state index in [4.69, 9.17) is 10.00 Å². The molecule has 0 radical (unpaired) electrons. The van der Waals surface area contributed by atoms with Gasteiger partial charge in [-0.25, -0.2) is 0 Å². The maximum absolute atomic E-state index is 9.05. The molecule has 1 aliphatic rings. The Morgan fingerprint density at radius 1 is 1.50 bits per heavy atom. The molecule has 2 aromatic rings. The number of H-pyrrole nitrogens is 1. The summed E-state index contributed by atoms with van der Waals surface area (Å²) in [5, 5.41) is 16.5. The van der Waals surface area contributed by atoms with Gasteiger partial charge in [-0.2, -0.15) is 5.26 Å². The molecule has 1 aromatic carbocycles. The highest BCUT2D eigenvalue weighted by Gasteiger charge is 2.38. The van der Waals surface area contributed by atoms with Crippen LogP contribution in [0.1, 0.15) is 11.3 Å². The molecular formula is C14H16N4OS. The van der Waals surface area contributed by atoms with Crippen LogP contribution < -0.4 is 15.4 Å². The third-order valence-corrected chi connectivity index (χ3v) is 4.82. The molecule has 0 spiro atoms. The highest BCUT2D eigenvalue weighted by Crippen LogP contribution is 2.38. The minimum atomic E-state index is -0.575. The van der Waals surface area contributed by atoms with Crippen molar-refractivity contribution in [1.82, 2.24) is 15.6 Å². The lowest BCUT2D eigenvalue weighted by atomic mass is 10.0. The number of fused-ring (bicyclic) bond motifs is 3. The first-order chi connectivity index (χ1) is 9.74. The monoisotopic (exact) mass is 288 g/mol. The lowest BCUT2D eigenvalue weighted by Crippen LogP contribution is -2.53. The SMILES string of the molecule is COc1ccc2[nH]c3c(c2c1)CCNC3(NC#N)SC. The molecule has 20 heavy (non-hydrogen) atoms. The Labute approximate surface area is 121 Å². The molecule has 2 heterocycles. The van der Waals surface area contributed by atoms with Crippen molar-refractivity contribution in [3.8, 4) is 11.9 Å². The summed E-state index contributed by atoms with van der Waals surface area (Å²) in [6.07, 6.45) is 4.97. The number of nitriles is 1. The molecule has 3 rings (SSSR count). The number of nitrogens with zero attached hydrogens (tertiary/aromatic N) is 1. The molecule has 1 unspecified atom stereocenters. The average molecular weight is 288 g/mol. The van der Waals surface area contributed by atoms with Crippen molar-refractivity contribution in [2.75, 3.05) is 19.9 Å². The van der Waals surface area contributed by atoms with Gasteiger partial charge in [-0.15, -0.1) is 11.8 Å². The molecule has 0 saturated carbocycles. The second-order valence-electron chi connectivity index (χ2n) is 4.69. The summed E-state index contributed by atoms with van der Waals surface area (Å²) in [6.45, 7) is 0.826. The standard InChI is InChI=1S/C14H16N4OS/c1-19-9-3-4-12-11(7-9)10-5-6-16-14(20-2,17-8-15)13(10)18-12/h3-4,7,16-18H,5-6H2,1-2H3. The molecule has 0 fully saturated rings. The predicted molar refractivity (Wildman–Crippen MR) is 80.5 cm³/mol. The van der Waals surface area contributed by atoms with Gasteiger partial charge in [0.25, 0.3) is 0 Å². The molecule has 0 aliphatic carbocycles. The van der Waals surface area contributed by atoms with E-state index >= 15 is 0 Å². The number of benzene rings is 1. The van der Waals surface area contributed by atoms with Gasteiger partial charge < -0.3 is 9.72 Å². The lowest BCUT2D eigenvalue weighted by Gasteiger charge is -2.35. The number of hydrogen-bond donors (Lipinski definition) is 3. The number of thioether (sulfide) groups is 1. The Kier molecular flexibility index (Phi) is 3.24. The Balaban J connectivity index is 2.22. The summed E-state index contributed by atoms with van der Waals surface area (Å²) in [4.78, 5) is 2.87. The fourth-order valence-electron chi connectivity index (χ4n) is 2.78. The Bertz CT molecular complexity index is 690. The van der Waals surface area contributed by atoms with Crippen LogP contribution in [-0.2, 0) is 11.4 Å². The van der Waals surface area contributed by atoms with Crippen LogP contribution in [0.25, 0.3) is 10.9 Å². The van der Waals surface area contributed by atoms with E-state index in [0.29, 0.717) is 0 Å². The number of nitrogens with one attached hydrogen (secondary N) is 3. The largest absolute Gasteiger partial charge is 0.497 e. The number of aromatic amines is 1. The van der Waals surface area contributed by atoms with Crippen LogP contribution >= 0.6 is 11.8 Å². The van der Waals surface area contributed by atoms with Crippen LogP contribution in [0.3, 0.4) is 0 Å². The molecule has 0 bridgehead atoms. The first kappa shape index (κ1) is 13.2. The third-order valence-electron chi connectivity index (χ3n) is 3.75. The van der Waals surface area contributed by atoms with Gasteiger partial charge in [0, 0.05) is 17.4 Å². The van der Waals surface area contributed by atoms with Gasteiger partial charge >= 0.3 is 0 Å². The minimum Gasteiger partial charge on any atom is -0.497 e. The first-order valence-electron chi connectivity index (χ1n) is 6.39. The highest BCUT2D eigenvalue weighted by molar-refractivity contribution is 7.99. The number of methoxy groups -OCH3 is 1. The zero-order valence-electron chi connectivity index (χ0n) is 11.4. The van der Waals surface area contributed by atoms with Crippen LogP contribution in [0.4, 0.5) is 0 Å². The van der Waals surface area contributed by atoms with Crippen molar-refractivity contribution >= 4 is 22.7 Å². The van der Waals surface area contributed by atoms with Crippen molar-refractivity contribution in [2.24, 2.45) is 0 Å². The van der Waals surface area contributed by atoms with Gasteiger partial charge in [0.2, 0.25) is 0 Å². The molecule has 0 amide bonds. The topological polar surface area (TPSA) is 72.9 Å². The van der Waals surface area contributed by atoms with Gasteiger partial charge in [-0.1, -0.05) is 0 Å². The third kappa shape index (κ3) is 1.82. The van der Waals surface area contributed by atoms with Crippen LogP contribution in [0, 0.1) is 11.5 Å². The number of aromatic nitrogens is 1. The molecule has 6 heteroatoms. The number of ether oxygens (including phenoxy) is 1. The van der Waals surface area contributed by atoms with E-state index in [1.165, 1.54) is 10.9 Å². The second kappa shape index (κ2) is 4.93. The van der Waals surface area contributed by atoms with Gasteiger partial charge in [-0.05, 0) is 36.4 Å². The smallest absolute Gasteiger partial charge is 0.187 e. The summed E-state index contributed by atoms with van der Waals surface area (Å²) in [7, 11) is 1.67. The highest BCUT2D eigenvalue weighted by atomic mass is 32.2. The van der Waals surface area contributed by atoms with E-state index in [1.54, 1.807) is 18.9 Å². The van der Waals surface area contributed by atoms with Crippen LogP contribution in [-0.4, -0.2) is 24.9 Å². The normalized spacial score (nSPS) is 21.2. The lowest BCUT2D eigenvalue weighted by molar-refractivity contribution is 0.414. The zero-order chi connectivity index (χ0) is 14.2. The average Bonchev–Trinajstić information content (AvgIpc) is 2.86. The molecule has 1 aliphatic heterocycles. The van der Waals surface area contributed by atoms with E-state index in [9.17, 15) is 0 Å². The predicted octanol–water partition coefficient (Wildman–Crippen LogP) is 1.87. The summed E-state index contributed by atoms with van der Waals surface area (Å²) < 4.78 is 5.31. The van der Waals surface area contributed by atoms with E-state index in [1.807, 2.05) is 24.5 Å². The van der Waals surface area contributed by atoms with Crippen molar-refractivity contribution in [3.05, 3.63) is 29.5 Å². The van der Waals surface area contributed by atoms with Gasteiger partial charge in [0.05, 0.1) is 12.8 Å². The van der Waals surface area contributed by atoms with E-state index < -0.39 is 4.99 Å². The number of hydrogen-bond acceptors (Lipinski definition) is 5. The minimum absolute atomic E-state index is 0.575. The Morgan fingerprint density at radius 3 is 3.05 bits per heavy atom. The molecular weight excluding hydrogens is 272 g/mol. The molecule has 0 saturated heterocycles. The maximum Gasteiger partial charge on any atom is 0.187 e. The Morgan fingerprint density at radius 2 is 2.35 bits per heavy atom. The van der Waals surface area contributed by atoms with Crippen LogP contribution in [0.15, 0.2) is 18.2 Å². The van der Waals surface area contributed by atoms with E-state index in [2.05, 4.69) is 21.8 Å². The molecule has 5 nitrogen and oxygen atoms in total. The fourth-order valence-corrected chi connectivity index (χ4v) is 3.55. The van der Waals surface area contributed by atoms with Gasteiger partial charge in [0.15, 0.2) is 11.2 Å². The van der Waals surface area contributed by atoms with Gasteiger partial charge in [0.1, 0.15) is 5.75 Å². The van der Waals surface area contributed by atoms with Crippen molar-refractivity contribution in [2.45, 2.75) is 11.4 Å². The molecule has 104 valence electrons. The van der Waals surface area contributed by atoms with Crippen LogP contribution in [0.2, 0.25) is 0 Å². The Hall–Kier alpha value is -1.84. The van der Waals surface area contributed by atoms with E-state index in [-0.39, 0.29) is 0 Å². The van der Waals surface area contributed by atoms with Crippen molar-refractivity contribution in [1.29, 1.82) is 5.26 Å².